The first-order valence-electron chi connectivity index (χ1n) is 11.5. The molecule has 2 aromatic carbocycles. The third-order valence-corrected chi connectivity index (χ3v) is 24.0. The predicted octanol–water partition coefficient (Wildman–Crippen LogP) is 5.71. The second kappa shape index (κ2) is 9.19. The summed E-state index contributed by atoms with van der Waals surface area (Å²) in [7, 11) is -2.17. The van der Waals surface area contributed by atoms with Gasteiger partial charge in [-0.25, -0.2) is 0 Å². The maximum atomic E-state index is 13.4. The summed E-state index contributed by atoms with van der Waals surface area (Å²) in [5.74, 6) is 0.132. The van der Waals surface area contributed by atoms with Crippen LogP contribution in [0.2, 0.25) is 30.3 Å². The monoisotopic (exact) mass is 530 g/mol. The number of carbonyl (C=O) groups is 1. The summed E-state index contributed by atoms with van der Waals surface area (Å²) >= 11 is -2.54. The number of esters is 1. The van der Waals surface area contributed by atoms with E-state index in [1.54, 1.807) is 0 Å². The van der Waals surface area contributed by atoms with Gasteiger partial charge < -0.3 is 0 Å². The van der Waals surface area contributed by atoms with Gasteiger partial charge >= 0.3 is 189 Å². The van der Waals surface area contributed by atoms with Crippen LogP contribution in [-0.4, -0.2) is 39.0 Å². The van der Waals surface area contributed by atoms with E-state index >= 15 is 0 Å². The van der Waals surface area contributed by atoms with Gasteiger partial charge in [0.05, 0.1) is 0 Å². The Morgan fingerprint density at radius 1 is 0.967 bits per heavy atom. The molecule has 0 unspecified atom stereocenters. The zero-order valence-corrected chi connectivity index (χ0v) is 23.4. The SMILES string of the molecule is CCCC[C@@]1([Sn]([CH3])([CH3])[CH3])[C@@H](C(=O)OCC)[C@@H]1[Si](C)(c1ccccc1)c1ccccc1. The molecule has 0 saturated heterocycles. The summed E-state index contributed by atoms with van der Waals surface area (Å²) < 4.78 is 5.89. The van der Waals surface area contributed by atoms with Gasteiger partial charge in [0.25, 0.3) is 0 Å². The zero-order chi connectivity index (χ0) is 22.0. The van der Waals surface area contributed by atoms with Crippen molar-refractivity contribution in [3.63, 3.8) is 0 Å². The molecule has 0 bridgehead atoms. The standard InChI is InChI=1S/C23H29O2Si.3CH3.Sn/c1-4-6-17-20-21(23(24)25-5-2)22(20)26(3,18-13-9-7-10-14-18)19-15-11-8-12-16-19;;;;/h7-16,21-22H,4-6,17H2,1-3H3;3*1H3;/t21-,22-;;;;/m1..../s1. The molecule has 30 heavy (non-hydrogen) atoms. The molecular formula is C26H38O2SiSn. The molecule has 162 valence electrons. The maximum absolute atomic E-state index is 13.4. The average Bonchev–Trinajstić information content (AvgIpc) is 3.44. The van der Waals surface area contributed by atoms with Gasteiger partial charge in [-0.15, -0.1) is 0 Å². The van der Waals surface area contributed by atoms with Crippen LogP contribution in [0.15, 0.2) is 60.7 Å². The van der Waals surface area contributed by atoms with E-state index in [0.29, 0.717) is 12.1 Å². The summed E-state index contributed by atoms with van der Waals surface area (Å²) in [4.78, 5) is 21.0. The number of ether oxygens (including phenoxy) is 1. The van der Waals surface area contributed by atoms with Crippen LogP contribution in [0.1, 0.15) is 33.1 Å². The van der Waals surface area contributed by atoms with Crippen LogP contribution in [0.5, 0.6) is 0 Å². The van der Waals surface area contributed by atoms with Gasteiger partial charge in [-0.05, 0) is 0 Å². The van der Waals surface area contributed by atoms with Crippen molar-refractivity contribution in [3.8, 4) is 0 Å². The summed E-state index contributed by atoms with van der Waals surface area (Å²) in [6.07, 6.45) is 3.56. The van der Waals surface area contributed by atoms with E-state index in [0.717, 1.165) is 0 Å². The van der Waals surface area contributed by atoms with Crippen LogP contribution < -0.4 is 10.4 Å². The van der Waals surface area contributed by atoms with Crippen LogP contribution in [0.4, 0.5) is 0 Å². The van der Waals surface area contributed by atoms with E-state index in [2.05, 4.69) is 89.0 Å². The third kappa shape index (κ3) is 3.92. The molecule has 0 amide bonds. The molecule has 0 aliphatic heterocycles. The Labute approximate surface area is 188 Å². The van der Waals surface area contributed by atoms with E-state index < -0.39 is 26.5 Å². The molecule has 0 heterocycles. The normalized spacial score (nSPS) is 23.8. The van der Waals surface area contributed by atoms with E-state index in [-0.39, 0.29) is 15.3 Å². The van der Waals surface area contributed by atoms with Crippen LogP contribution in [0.25, 0.3) is 0 Å². The van der Waals surface area contributed by atoms with Crippen LogP contribution in [-0.2, 0) is 9.53 Å². The third-order valence-electron chi connectivity index (χ3n) is 7.58. The molecule has 1 aliphatic rings. The number of rotatable bonds is 9. The first-order chi connectivity index (χ1) is 14.2. The molecule has 1 saturated carbocycles. The molecule has 2 nitrogen and oxygen atoms in total. The number of hydrogen-bond donors (Lipinski definition) is 0. The van der Waals surface area contributed by atoms with E-state index in [9.17, 15) is 4.79 Å². The van der Waals surface area contributed by atoms with Crippen LogP contribution >= 0.6 is 0 Å². The molecule has 2 aromatic rings. The fourth-order valence-corrected chi connectivity index (χ4v) is 26.1. The second-order valence-electron chi connectivity index (χ2n) is 10.0. The van der Waals surface area contributed by atoms with Crippen LogP contribution in [0.3, 0.4) is 0 Å². The van der Waals surface area contributed by atoms with Crippen molar-refractivity contribution in [2.45, 2.75) is 63.4 Å². The first kappa shape index (κ1) is 23.6. The van der Waals surface area contributed by atoms with Crippen molar-refractivity contribution >= 4 is 42.8 Å². The van der Waals surface area contributed by atoms with Gasteiger partial charge in [-0.3, -0.25) is 0 Å². The summed E-state index contributed by atoms with van der Waals surface area (Å²) in [6.45, 7) is 7.20. The average molecular weight is 529 g/mol. The fourth-order valence-electron chi connectivity index (χ4n) is 6.05. The molecular weight excluding hydrogens is 491 g/mol. The Morgan fingerprint density at radius 2 is 1.47 bits per heavy atom. The van der Waals surface area contributed by atoms with Crippen molar-refractivity contribution in [1.29, 1.82) is 0 Å². The van der Waals surface area contributed by atoms with E-state index in [4.69, 9.17) is 4.74 Å². The van der Waals surface area contributed by atoms with Gasteiger partial charge in [0.2, 0.25) is 0 Å². The number of carbonyl (C=O) groups excluding carboxylic acids is 1. The molecule has 4 heteroatoms. The Morgan fingerprint density at radius 3 is 1.87 bits per heavy atom. The Kier molecular flexibility index (Phi) is 7.23. The van der Waals surface area contributed by atoms with Gasteiger partial charge in [0.15, 0.2) is 0 Å². The molecule has 0 radical (unpaired) electrons. The number of benzene rings is 2. The second-order valence-corrected chi connectivity index (χ2v) is 29.7. The van der Waals surface area contributed by atoms with Crippen molar-refractivity contribution in [1.82, 2.24) is 0 Å². The minimum atomic E-state index is -2.54. The Hall–Kier alpha value is -1.07. The molecule has 1 fully saturated rings. The summed E-state index contributed by atoms with van der Waals surface area (Å²) in [5.41, 5.74) is 0.427. The van der Waals surface area contributed by atoms with Crippen molar-refractivity contribution in [2.24, 2.45) is 5.92 Å². The van der Waals surface area contributed by atoms with Gasteiger partial charge in [-0.1, -0.05) is 0 Å². The Balaban J connectivity index is 2.23. The van der Waals surface area contributed by atoms with Crippen molar-refractivity contribution < 1.29 is 9.53 Å². The van der Waals surface area contributed by atoms with Gasteiger partial charge in [0.1, 0.15) is 0 Å². The fraction of sp³-hybridized carbons (Fsp3) is 0.500. The quantitative estimate of drug-likeness (QED) is 0.307. The molecule has 0 N–H and O–H groups in total. The van der Waals surface area contributed by atoms with Crippen LogP contribution in [0, 0.1) is 5.92 Å². The predicted molar refractivity (Wildman–Crippen MR) is 133 cm³/mol. The van der Waals surface area contributed by atoms with Crippen molar-refractivity contribution in [3.05, 3.63) is 60.7 Å². The zero-order valence-electron chi connectivity index (χ0n) is 19.6. The molecule has 0 aromatic heterocycles. The van der Waals surface area contributed by atoms with Gasteiger partial charge in [0, 0.05) is 0 Å². The number of unbranched alkanes of at least 4 members (excludes halogenated alkanes) is 1. The van der Waals surface area contributed by atoms with Crippen molar-refractivity contribution in [2.75, 3.05) is 6.61 Å². The van der Waals surface area contributed by atoms with E-state index in [1.807, 2.05) is 6.92 Å². The molecule has 1 aliphatic carbocycles. The minimum absolute atomic E-state index is 0.0656. The topological polar surface area (TPSA) is 26.3 Å². The molecule has 3 atom stereocenters. The summed E-state index contributed by atoms with van der Waals surface area (Å²) in [6, 6.07) is 22.1. The first-order valence-corrected chi connectivity index (χ1v) is 24.1. The molecule has 3 rings (SSSR count). The van der Waals surface area contributed by atoms with E-state index in [1.165, 1.54) is 29.6 Å². The number of hydrogen-bond acceptors (Lipinski definition) is 2. The summed E-state index contributed by atoms with van der Waals surface area (Å²) in [5, 5.41) is 2.90. The van der Waals surface area contributed by atoms with Gasteiger partial charge in [-0.2, -0.15) is 0 Å². The molecule has 0 spiro atoms. The Bertz CT molecular complexity index is 807.